The number of benzene rings is 2. The zero-order chi connectivity index (χ0) is 20.1. The van der Waals surface area contributed by atoms with E-state index in [0.29, 0.717) is 22.0 Å². The van der Waals surface area contributed by atoms with Crippen molar-refractivity contribution < 1.29 is 13.2 Å². The van der Waals surface area contributed by atoms with Crippen molar-refractivity contribution in [2.75, 3.05) is 13.2 Å². The molecule has 0 saturated heterocycles. The van der Waals surface area contributed by atoms with Crippen molar-refractivity contribution in [2.24, 2.45) is 0 Å². The molecule has 0 spiro atoms. The van der Waals surface area contributed by atoms with Crippen molar-refractivity contribution in [3.05, 3.63) is 70.7 Å². The summed E-state index contributed by atoms with van der Waals surface area (Å²) in [5.74, 6) is 0.331. The molecule has 0 radical (unpaired) electrons. The fourth-order valence-corrected chi connectivity index (χ4v) is 4.15. The van der Waals surface area contributed by atoms with Crippen LogP contribution >= 0.6 is 11.6 Å². The molecule has 0 aliphatic rings. The number of hydrogen-bond donors (Lipinski definition) is 1. The molecule has 3 aromatic rings. The van der Waals surface area contributed by atoms with E-state index in [-0.39, 0.29) is 18.0 Å². The number of halogens is 1. The number of ether oxygens (including phenoxy) is 1. The summed E-state index contributed by atoms with van der Waals surface area (Å²) in [6.45, 7) is 3.71. The van der Waals surface area contributed by atoms with Crippen molar-refractivity contribution in [2.45, 2.75) is 18.7 Å². The van der Waals surface area contributed by atoms with E-state index in [0.717, 1.165) is 11.3 Å². The number of aromatic nitrogens is 2. The van der Waals surface area contributed by atoms with Crippen molar-refractivity contribution in [3.8, 4) is 17.1 Å². The molecule has 1 N–H and O–H groups in total. The van der Waals surface area contributed by atoms with Crippen molar-refractivity contribution in [3.63, 3.8) is 0 Å². The largest absolute Gasteiger partial charge is 0.475 e. The highest BCUT2D eigenvalue weighted by molar-refractivity contribution is 7.89. The van der Waals surface area contributed by atoms with Gasteiger partial charge in [0.15, 0.2) is 0 Å². The second kappa shape index (κ2) is 8.68. The first-order chi connectivity index (χ1) is 13.4. The number of rotatable bonds is 7. The minimum absolute atomic E-state index is 0.103. The van der Waals surface area contributed by atoms with Gasteiger partial charge in [0, 0.05) is 23.2 Å². The molecule has 0 fully saturated rings. The maximum atomic E-state index is 12.5. The summed E-state index contributed by atoms with van der Waals surface area (Å²) in [6.07, 6.45) is 0. The predicted octanol–water partition coefficient (Wildman–Crippen LogP) is 3.77. The highest BCUT2D eigenvalue weighted by Crippen LogP contribution is 2.23. The first-order valence-corrected chi connectivity index (χ1v) is 10.5. The Bertz CT molecular complexity index is 1060. The second-order valence-corrected chi connectivity index (χ2v) is 8.38. The molecule has 0 aliphatic carbocycles. The van der Waals surface area contributed by atoms with E-state index in [1.165, 1.54) is 0 Å². The highest BCUT2D eigenvalue weighted by atomic mass is 35.5. The van der Waals surface area contributed by atoms with Crippen molar-refractivity contribution >= 4 is 21.6 Å². The summed E-state index contributed by atoms with van der Waals surface area (Å²) >= 11 is 6.03. The number of nitrogens with one attached hydrogen (secondary N) is 1. The summed E-state index contributed by atoms with van der Waals surface area (Å²) in [5, 5.41) is 8.69. The number of hydrogen-bond acceptors (Lipinski definition) is 5. The predicted molar refractivity (Wildman–Crippen MR) is 109 cm³/mol. The zero-order valence-electron chi connectivity index (χ0n) is 15.5. The summed E-state index contributed by atoms with van der Waals surface area (Å²) in [7, 11) is -3.65. The molecule has 0 bridgehead atoms. The monoisotopic (exact) mass is 417 g/mol. The van der Waals surface area contributed by atoms with Crippen LogP contribution in [-0.4, -0.2) is 31.8 Å². The Morgan fingerprint density at radius 1 is 1.00 bits per heavy atom. The van der Waals surface area contributed by atoms with Gasteiger partial charge in [0.1, 0.15) is 6.61 Å². The lowest BCUT2D eigenvalue weighted by Crippen LogP contribution is -2.29. The molecule has 8 heteroatoms. The van der Waals surface area contributed by atoms with Gasteiger partial charge in [-0.3, -0.25) is 0 Å². The van der Waals surface area contributed by atoms with Gasteiger partial charge in [-0.2, -0.15) is 0 Å². The Kier molecular flexibility index (Phi) is 6.28. The summed E-state index contributed by atoms with van der Waals surface area (Å²) in [4.78, 5) is 0.210. The van der Waals surface area contributed by atoms with Crippen LogP contribution in [0.5, 0.6) is 5.88 Å². The average Bonchev–Trinajstić information content (AvgIpc) is 2.69. The van der Waals surface area contributed by atoms with Crippen LogP contribution in [0.1, 0.15) is 11.1 Å². The third kappa shape index (κ3) is 4.86. The minimum atomic E-state index is -3.65. The van der Waals surface area contributed by atoms with Crippen LogP contribution in [0.4, 0.5) is 0 Å². The average molecular weight is 418 g/mol. The Hall–Kier alpha value is -2.48. The molecular formula is C20H20ClN3O3S. The smallest absolute Gasteiger partial charge is 0.240 e. The van der Waals surface area contributed by atoms with Gasteiger partial charge in [0.05, 0.1) is 10.6 Å². The van der Waals surface area contributed by atoms with Crippen LogP contribution in [0.2, 0.25) is 5.02 Å². The van der Waals surface area contributed by atoms with E-state index in [9.17, 15) is 8.42 Å². The first-order valence-electron chi connectivity index (χ1n) is 8.65. The van der Waals surface area contributed by atoms with Crippen LogP contribution in [-0.2, 0) is 10.0 Å². The minimum Gasteiger partial charge on any atom is -0.475 e. The van der Waals surface area contributed by atoms with Crippen LogP contribution in [0.3, 0.4) is 0 Å². The van der Waals surface area contributed by atoms with Gasteiger partial charge in [0.2, 0.25) is 15.9 Å². The van der Waals surface area contributed by atoms with Gasteiger partial charge >= 0.3 is 0 Å². The lowest BCUT2D eigenvalue weighted by atomic mass is 10.1. The molecule has 2 aromatic carbocycles. The Morgan fingerprint density at radius 3 is 2.43 bits per heavy atom. The normalized spacial score (nSPS) is 11.4. The lowest BCUT2D eigenvalue weighted by molar-refractivity contribution is 0.307. The molecule has 0 unspecified atom stereocenters. The topological polar surface area (TPSA) is 81.2 Å². The quantitative estimate of drug-likeness (QED) is 0.592. The van der Waals surface area contributed by atoms with E-state index < -0.39 is 10.0 Å². The van der Waals surface area contributed by atoms with Crippen molar-refractivity contribution in [1.29, 1.82) is 0 Å². The molecule has 1 aromatic heterocycles. The second-order valence-electron chi connectivity index (χ2n) is 6.24. The molecule has 146 valence electrons. The van der Waals surface area contributed by atoms with Gasteiger partial charge in [-0.15, -0.1) is 10.2 Å². The Morgan fingerprint density at radius 2 is 1.75 bits per heavy atom. The molecule has 0 saturated carbocycles. The summed E-state index contributed by atoms with van der Waals surface area (Å²) in [6, 6.07) is 16.4. The van der Waals surface area contributed by atoms with Crippen LogP contribution in [0.15, 0.2) is 59.5 Å². The van der Waals surface area contributed by atoms with Gasteiger partial charge in [-0.1, -0.05) is 41.9 Å². The molecule has 0 aliphatic heterocycles. The summed E-state index contributed by atoms with van der Waals surface area (Å²) < 4.78 is 33.0. The molecule has 0 amide bonds. The Balaban J connectivity index is 1.56. The maximum absolute atomic E-state index is 12.5. The third-order valence-corrected chi connectivity index (χ3v) is 6.11. The van der Waals surface area contributed by atoms with E-state index in [4.69, 9.17) is 16.3 Å². The molecule has 1 heterocycles. The van der Waals surface area contributed by atoms with Gasteiger partial charge < -0.3 is 4.74 Å². The summed E-state index contributed by atoms with van der Waals surface area (Å²) in [5.41, 5.74) is 2.99. The van der Waals surface area contributed by atoms with Crippen LogP contribution in [0, 0.1) is 13.8 Å². The molecule has 6 nitrogen and oxygen atoms in total. The fraction of sp³-hybridized carbons (Fsp3) is 0.200. The lowest BCUT2D eigenvalue weighted by Gasteiger charge is -2.11. The van der Waals surface area contributed by atoms with E-state index >= 15 is 0 Å². The fourth-order valence-electron chi connectivity index (χ4n) is 2.61. The standard InChI is InChI=1S/C20H20ClN3O3S/c1-14-13-19(15(2)12-17(14)21)28(25,26)22-10-11-27-20-9-8-18(23-24-20)16-6-4-3-5-7-16/h3-9,12-13,22H,10-11H2,1-2H3. The SMILES string of the molecule is Cc1cc(S(=O)(=O)NCCOc2ccc(-c3ccccc3)nn2)c(C)cc1Cl. The molecule has 28 heavy (non-hydrogen) atoms. The number of nitrogens with zero attached hydrogens (tertiary/aromatic N) is 2. The first kappa shape index (κ1) is 20.3. The van der Waals surface area contributed by atoms with E-state index in [1.54, 1.807) is 32.0 Å². The number of sulfonamides is 1. The number of aryl methyl sites for hydroxylation is 2. The third-order valence-electron chi connectivity index (χ3n) is 4.10. The van der Waals surface area contributed by atoms with Crippen LogP contribution in [0.25, 0.3) is 11.3 Å². The van der Waals surface area contributed by atoms with E-state index in [1.807, 2.05) is 36.4 Å². The molecular weight excluding hydrogens is 398 g/mol. The van der Waals surface area contributed by atoms with Crippen LogP contribution < -0.4 is 9.46 Å². The van der Waals surface area contributed by atoms with Gasteiger partial charge in [-0.25, -0.2) is 13.1 Å². The van der Waals surface area contributed by atoms with Gasteiger partial charge in [0.25, 0.3) is 0 Å². The maximum Gasteiger partial charge on any atom is 0.240 e. The molecule has 3 rings (SSSR count). The molecule has 0 atom stereocenters. The van der Waals surface area contributed by atoms with E-state index in [2.05, 4.69) is 14.9 Å². The highest BCUT2D eigenvalue weighted by Gasteiger charge is 2.17. The zero-order valence-corrected chi connectivity index (χ0v) is 17.1. The Labute approximate surface area is 169 Å². The van der Waals surface area contributed by atoms with Crippen molar-refractivity contribution in [1.82, 2.24) is 14.9 Å². The van der Waals surface area contributed by atoms with Gasteiger partial charge in [-0.05, 0) is 43.2 Å².